The Morgan fingerprint density at radius 1 is 1.14 bits per heavy atom. The molecule has 0 aliphatic heterocycles. The number of aromatic nitrogens is 1. The van der Waals surface area contributed by atoms with E-state index < -0.39 is 22.8 Å². The van der Waals surface area contributed by atoms with Gasteiger partial charge in [-0.25, -0.2) is 13.4 Å². The van der Waals surface area contributed by atoms with Crippen LogP contribution in [0.25, 0.3) is 11.1 Å². The molecule has 0 radical (unpaired) electrons. The van der Waals surface area contributed by atoms with Gasteiger partial charge in [0.15, 0.2) is 6.61 Å². The monoisotopic (exact) mass is 547 g/mol. The SMILES string of the molecule is CC(Sc1nc(N)c(C#N)c(-c2ccc(OCC(F)(F)F)cc2)c1C#N)c1cccc(NS(C)(=O)=O)c1. The quantitative estimate of drug-likeness (QED) is 0.365. The van der Waals surface area contributed by atoms with E-state index in [1.807, 2.05) is 13.0 Å². The number of nitriles is 2. The lowest BCUT2D eigenvalue weighted by Gasteiger charge is -2.17. The van der Waals surface area contributed by atoms with Crippen LogP contribution in [0.3, 0.4) is 0 Å². The molecule has 0 aliphatic rings. The third-order valence-corrected chi connectivity index (χ3v) is 6.66. The van der Waals surface area contributed by atoms with Crippen molar-refractivity contribution in [3.63, 3.8) is 0 Å². The van der Waals surface area contributed by atoms with Gasteiger partial charge >= 0.3 is 6.18 Å². The van der Waals surface area contributed by atoms with Crippen molar-refractivity contribution in [1.82, 2.24) is 4.98 Å². The normalized spacial score (nSPS) is 12.3. The van der Waals surface area contributed by atoms with Gasteiger partial charge in [0, 0.05) is 16.5 Å². The maximum Gasteiger partial charge on any atom is 0.422 e. The Morgan fingerprint density at radius 3 is 2.35 bits per heavy atom. The Kier molecular flexibility index (Phi) is 8.21. The molecule has 1 atom stereocenters. The molecule has 0 spiro atoms. The lowest BCUT2D eigenvalue weighted by atomic mass is 9.97. The molecule has 1 heterocycles. The predicted octanol–water partition coefficient (Wildman–Crippen LogP) is 5.24. The summed E-state index contributed by atoms with van der Waals surface area (Å²) in [6, 6.07) is 16.2. The zero-order chi connectivity index (χ0) is 27.4. The summed E-state index contributed by atoms with van der Waals surface area (Å²) >= 11 is 1.18. The number of benzene rings is 2. The van der Waals surface area contributed by atoms with E-state index in [1.54, 1.807) is 24.3 Å². The highest BCUT2D eigenvalue weighted by Gasteiger charge is 2.28. The Hall–Kier alpha value is -3.94. The first-order valence-corrected chi connectivity index (χ1v) is 13.3. The maximum absolute atomic E-state index is 12.4. The highest BCUT2D eigenvalue weighted by Crippen LogP contribution is 2.41. The minimum Gasteiger partial charge on any atom is -0.484 e. The molecule has 3 rings (SSSR count). The standard InChI is InChI=1S/C24H20F3N5O3S2/c1-14(16-4-3-5-17(10-16)32-37(2,33)34)36-23-20(12-29)21(19(11-28)22(30)31-23)15-6-8-18(9-7-15)35-13-24(25,26)27/h3-10,14,32H,13H2,1-2H3,(H2,30,31). The van der Waals surface area contributed by atoms with Gasteiger partial charge in [-0.05, 0) is 42.3 Å². The number of nitrogens with two attached hydrogens (primary N) is 1. The summed E-state index contributed by atoms with van der Waals surface area (Å²) in [5.41, 5.74) is 7.74. The highest BCUT2D eigenvalue weighted by molar-refractivity contribution is 7.99. The van der Waals surface area contributed by atoms with E-state index in [2.05, 4.69) is 15.8 Å². The highest BCUT2D eigenvalue weighted by atomic mass is 32.2. The van der Waals surface area contributed by atoms with Gasteiger partial charge < -0.3 is 10.5 Å². The summed E-state index contributed by atoms with van der Waals surface area (Å²) in [5.74, 6) is -0.151. The molecule has 0 aliphatic carbocycles. The fraction of sp³-hybridized carbons (Fsp3) is 0.208. The maximum atomic E-state index is 12.4. The van der Waals surface area contributed by atoms with Crippen molar-refractivity contribution in [3.8, 4) is 29.0 Å². The molecule has 0 saturated heterocycles. The van der Waals surface area contributed by atoms with Gasteiger partial charge in [-0.1, -0.05) is 36.0 Å². The Morgan fingerprint density at radius 2 is 1.78 bits per heavy atom. The number of halogens is 3. The largest absolute Gasteiger partial charge is 0.484 e. The van der Waals surface area contributed by atoms with Gasteiger partial charge in [0.2, 0.25) is 10.0 Å². The molecule has 1 unspecified atom stereocenters. The van der Waals surface area contributed by atoms with Crippen LogP contribution in [0.15, 0.2) is 53.6 Å². The second kappa shape index (κ2) is 11.0. The smallest absolute Gasteiger partial charge is 0.422 e. The van der Waals surface area contributed by atoms with Crippen LogP contribution in [-0.2, 0) is 10.0 Å². The molecule has 0 amide bonds. The molecule has 2 aromatic carbocycles. The molecule has 3 aromatic rings. The summed E-state index contributed by atoms with van der Waals surface area (Å²) in [4.78, 5) is 4.26. The number of alkyl halides is 3. The summed E-state index contributed by atoms with van der Waals surface area (Å²) < 4.78 is 67.6. The number of hydrogen-bond donors (Lipinski definition) is 2. The van der Waals surface area contributed by atoms with Crippen molar-refractivity contribution in [3.05, 3.63) is 65.2 Å². The summed E-state index contributed by atoms with van der Waals surface area (Å²) in [5, 5.41) is 19.6. The van der Waals surface area contributed by atoms with E-state index in [9.17, 15) is 32.1 Å². The first-order valence-electron chi connectivity index (χ1n) is 10.5. The minimum absolute atomic E-state index is 0.0362. The third-order valence-electron chi connectivity index (χ3n) is 4.91. The lowest BCUT2D eigenvalue weighted by Crippen LogP contribution is -2.19. The van der Waals surface area contributed by atoms with E-state index >= 15 is 0 Å². The molecular weight excluding hydrogens is 527 g/mol. The number of rotatable bonds is 8. The molecule has 13 heteroatoms. The Bertz CT molecular complexity index is 1500. The number of anilines is 2. The third kappa shape index (κ3) is 7.29. The zero-order valence-electron chi connectivity index (χ0n) is 19.5. The molecular formula is C24H20F3N5O3S2. The number of nitrogens with one attached hydrogen (secondary N) is 1. The van der Waals surface area contributed by atoms with Crippen LogP contribution < -0.4 is 15.2 Å². The van der Waals surface area contributed by atoms with E-state index in [-0.39, 0.29) is 38.5 Å². The second-order valence-corrected chi connectivity index (χ2v) is 10.9. The lowest BCUT2D eigenvalue weighted by molar-refractivity contribution is -0.153. The fourth-order valence-electron chi connectivity index (χ4n) is 3.36. The van der Waals surface area contributed by atoms with Gasteiger partial charge in [-0.2, -0.15) is 23.7 Å². The van der Waals surface area contributed by atoms with Crippen LogP contribution >= 0.6 is 11.8 Å². The van der Waals surface area contributed by atoms with Gasteiger partial charge in [-0.3, -0.25) is 4.72 Å². The van der Waals surface area contributed by atoms with E-state index in [0.29, 0.717) is 11.3 Å². The summed E-state index contributed by atoms with van der Waals surface area (Å²) in [6.45, 7) is 0.370. The molecule has 0 fully saturated rings. The number of nitrogens with zero attached hydrogens (tertiary/aromatic N) is 3. The predicted molar refractivity (Wildman–Crippen MR) is 134 cm³/mol. The van der Waals surface area contributed by atoms with Crippen molar-refractivity contribution in [2.45, 2.75) is 23.4 Å². The number of hydrogen-bond acceptors (Lipinski definition) is 8. The number of ether oxygens (including phenoxy) is 1. The molecule has 37 heavy (non-hydrogen) atoms. The number of nitrogen functional groups attached to an aromatic ring is 1. The van der Waals surface area contributed by atoms with Gasteiger partial charge in [0.1, 0.15) is 34.3 Å². The Balaban J connectivity index is 1.99. The first kappa shape index (κ1) is 27.6. The minimum atomic E-state index is -4.50. The van der Waals surface area contributed by atoms with Crippen LogP contribution in [0.4, 0.5) is 24.7 Å². The fourth-order valence-corrected chi connectivity index (χ4v) is 4.95. The number of thioether (sulfide) groups is 1. The van der Waals surface area contributed by atoms with Crippen molar-refractivity contribution in [1.29, 1.82) is 10.5 Å². The summed E-state index contributed by atoms with van der Waals surface area (Å²) in [7, 11) is -3.48. The van der Waals surface area contributed by atoms with E-state index in [0.717, 1.165) is 11.8 Å². The molecule has 8 nitrogen and oxygen atoms in total. The number of pyridine rings is 1. The van der Waals surface area contributed by atoms with Crippen molar-refractivity contribution >= 4 is 33.3 Å². The van der Waals surface area contributed by atoms with Crippen molar-refractivity contribution < 1.29 is 26.3 Å². The van der Waals surface area contributed by atoms with Gasteiger partial charge in [0.05, 0.1) is 11.8 Å². The average molecular weight is 548 g/mol. The zero-order valence-corrected chi connectivity index (χ0v) is 21.1. The van der Waals surface area contributed by atoms with Gasteiger partial charge in [0.25, 0.3) is 0 Å². The van der Waals surface area contributed by atoms with Crippen molar-refractivity contribution in [2.75, 3.05) is 23.3 Å². The van der Waals surface area contributed by atoms with Crippen molar-refractivity contribution in [2.24, 2.45) is 0 Å². The Labute approximate surface area is 215 Å². The van der Waals surface area contributed by atoms with Crippen LogP contribution in [0.5, 0.6) is 5.75 Å². The van der Waals surface area contributed by atoms with Crippen LogP contribution in [0.1, 0.15) is 28.9 Å². The molecule has 0 saturated carbocycles. The molecule has 1 aromatic heterocycles. The van der Waals surface area contributed by atoms with Gasteiger partial charge in [-0.15, -0.1) is 0 Å². The average Bonchev–Trinajstić information content (AvgIpc) is 2.81. The molecule has 0 bridgehead atoms. The first-order chi connectivity index (χ1) is 17.3. The van der Waals surface area contributed by atoms with Crippen LogP contribution in [0, 0.1) is 22.7 Å². The van der Waals surface area contributed by atoms with Crippen LogP contribution in [0.2, 0.25) is 0 Å². The summed E-state index contributed by atoms with van der Waals surface area (Å²) in [6.07, 6.45) is -3.46. The topological polar surface area (TPSA) is 142 Å². The molecule has 192 valence electrons. The second-order valence-electron chi connectivity index (χ2n) is 7.84. The number of sulfonamides is 1. The molecule has 3 N–H and O–H groups in total. The van der Waals surface area contributed by atoms with Crippen LogP contribution in [-0.4, -0.2) is 32.4 Å². The van der Waals surface area contributed by atoms with E-state index in [1.165, 1.54) is 36.0 Å². The van der Waals surface area contributed by atoms with E-state index in [4.69, 9.17) is 10.5 Å².